The van der Waals surface area contributed by atoms with E-state index < -0.39 is 5.60 Å². The average Bonchev–Trinajstić information content (AvgIpc) is 2.82. The van der Waals surface area contributed by atoms with Gasteiger partial charge in [0.05, 0.1) is 0 Å². The Labute approximate surface area is 93.3 Å². The van der Waals surface area contributed by atoms with Gasteiger partial charge in [0, 0.05) is 13.5 Å². The second kappa shape index (κ2) is 3.30. The first-order valence-corrected chi connectivity index (χ1v) is 5.48. The smallest absolute Gasteiger partial charge is 0.192 e. The van der Waals surface area contributed by atoms with Crippen LogP contribution < -0.4 is 5.32 Å². The number of nitrogens with zero attached hydrogens (tertiary/aromatic N) is 1. The molecule has 2 N–H and O–H groups in total. The van der Waals surface area contributed by atoms with Crippen molar-refractivity contribution in [2.45, 2.75) is 18.9 Å². The highest BCUT2D eigenvalue weighted by atomic mass is 16.3. The summed E-state index contributed by atoms with van der Waals surface area (Å²) in [5, 5.41) is 13.6. The second-order valence-electron chi connectivity index (χ2n) is 4.37. The van der Waals surface area contributed by atoms with Crippen molar-refractivity contribution < 1.29 is 9.52 Å². The van der Waals surface area contributed by atoms with E-state index in [0.29, 0.717) is 12.4 Å². The molecule has 2 aromatic rings. The highest BCUT2D eigenvalue weighted by Crippen LogP contribution is 2.29. The Morgan fingerprint density at radius 1 is 1.50 bits per heavy atom. The molecule has 1 aliphatic heterocycles. The molecule has 4 nitrogen and oxygen atoms in total. The van der Waals surface area contributed by atoms with Crippen molar-refractivity contribution in [2.24, 2.45) is 0 Å². The number of β-amino-alcohol motifs (C(OH)–C–C–N with tert-alkyl or cyclic N) is 1. The van der Waals surface area contributed by atoms with E-state index in [9.17, 15) is 5.11 Å². The second-order valence-corrected chi connectivity index (χ2v) is 4.37. The van der Waals surface area contributed by atoms with Gasteiger partial charge < -0.3 is 14.8 Å². The molecule has 1 saturated heterocycles. The van der Waals surface area contributed by atoms with Gasteiger partial charge in [-0.15, -0.1) is 0 Å². The van der Waals surface area contributed by atoms with E-state index in [2.05, 4.69) is 10.3 Å². The van der Waals surface area contributed by atoms with Gasteiger partial charge in [-0.2, -0.15) is 0 Å². The van der Waals surface area contributed by atoms with Crippen molar-refractivity contribution in [3.8, 4) is 0 Å². The predicted molar refractivity (Wildman–Crippen MR) is 60.1 cm³/mol. The third-order valence-corrected chi connectivity index (χ3v) is 3.16. The van der Waals surface area contributed by atoms with Gasteiger partial charge in [-0.25, -0.2) is 4.98 Å². The fourth-order valence-electron chi connectivity index (χ4n) is 2.26. The molecule has 1 aromatic carbocycles. The van der Waals surface area contributed by atoms with Crippen LogP contribution in [0, 0.1) is 6.92 Å². The van der Waals surface area contributed by atoms with Gasteiger partial charge in [0.1, 0.15) is 11.1 Å². The third-order valence-electron chi connectivity index (χ3n) is 3.16. The molecule has 3 rings (SSSR count). The molecular formula is C12H14N2O2. The maximum absolute atomic E-state index is 10.4. The van der Waals surface area contributed by atoms with Gasteiger partial charge in [0.2, 0.25) is 0 Å². The molecule has 4 heteroatoms. The molecule has 16 heavy (non-hydrogen) atoms. The van der Waals surface area contributed by atoms with E-state index in [-0.39, 0.29) is 0 Å². The topological polar surface area (TPSA) is 58.3 Å². The number of aliphatic hydroxyl groups is 1. The normalized spacial score (nSPS) is 25.4. The number of fused-ring (bicyclic) bond motifs is 1. The molecule has 1 aromatic heterocycles. The van der Waals surface area contributed by atoms with Crippen LogP contribution in [-0.4, -0.2) is 23.2 Å². The highest BCUT2D eigenvalue weighted by Gasteiger charge is 2.33. The van der Waals surface area contributed by atoms with Crippen molar-refractivity contribution in [1.82, 2.24) is 10.3 Å². The molecule has 0 aliphatic carbocycles. The van der Waals surface area contributed by atoms with Crippen LogP contribution in [0.1, 0.15) is 17.9 Å². The molecule has 84 valence electrons. The summed E-state index contributed by atoms with van der Waals surface area (Å²) in [6.45, 7) is 3.28. The summed E-state index contributed by atoms with van der Waals surface area (Å²) in [7, 11) is 0. The number of hydrogen-bond acceptors (Lipinski definition) is 4. The maximum Gasteiger partial charge on any atom is 0.192 e. The fraction of sp³-hybridized carbons (Fsp3) is 0.417. The summed E-state index contributed by atoms with van der Waals surface area (Å²) in [4.78, 5) is 4.28. The predicted octanol–water partition coefficient (Wildman–Crippen LogP) is 1.32. The van der Waals surface area contributed by atoms with E-state index in [0.717, 1.165) is 29.6 Å². The van der Waals surface area contributed by atoms with Gasteiger partial charge in [-0.1, -0.05) is 6.07 Å². The number of hydrogen-bond donors (Lipinski definition) is 2. The van der Waals surface area contributed by atoms with Gasteiger partial charge in [-0.3, -0.25) is 0 Å². The van der Waals surface area contributed by atoms with Crippen LogP contribution in [0.25, 0.3) is 11.1 Å². The van der Waals surface area contributed by atoms with Crippen LogP contribution in [0.15, 0.2) is 22.6 Å². The van der Waals surface area contributed by atoms with Gasteiger partial charge >= 0.3 is 0 Å². The van der Waals surface area contributed by atoms with Crippen LogP contribution in [0.3, 0.4) is 0 Å². The number of benzene rings is 1. The molecule has 0 bridgehead atoms. The monoisotopic (exact) mass is 218 g/mol. The average molecular weight is 218 g/mol. The number of rotatable bonds is 1. The first kappa shape index (κ1) is 9.81. The first-order valence-electron chi connectivity index (χ1n) is 5.48. The Morgan fingerprint density at radius 3 is 3.12 bits per heavy atom. The van der Waals surface area contributed by atoms with Crippen molar-refractivity contribution >= 4 is 11.1 Å². The maximum atomic E-state index is 10.4. The molecule has 1 aliphatic rings. The SMILES string of the molecule is Cc1nc2cc(C3(O)CCNC3)ccc2o1. The third kappa shape index (κ3) is 1.42. The van der Waals surface area contributed by atoms with Crippen LogP contribution >= 0.6 is 0 Å². The Balaban J connectivity index is 2.10. The van der Waals surface area contributed by atoms with Crippen molar-refractivity contribution in [3.63, 3.8) is 0 Å². The van der Waals surface area contributed by atoms with E-state index in [1.807, 2.05) is 25.1 Å². The number of aromatic nitrogens is 1. The standard InChI is InChI=1S/C12H14N2O2/c1-8-14-10-6-9(2-3-11(10)16-8)12(15)4-5-13-7-12/h2-3,6,13,15H,4-5,7H2,1H3. The Morgan fingerprint density at radius 2 is 2.38 bits per heavy atom. The minimum Gasteiger partial charge on any atom is -0.441 e. The number of aryl methyl sites for hydroxylation is 1. The molecule has 0 amide bonds. The lowest BCUT2D eigenvalue weighted by atomic mass is 9.93. The van der Waals surface area contributed by atoms with Crippen molar-refractivity contribution in [1.29, 1.82) is 0 Å². The molecule has 1 atom stereocenters. The number of nitrogens with one attached hydrogen (secondary N) is 1. The highest BCUT2D eigenvalue weighted by molar-refractivity contribution is 5.73. The largest absolute Gasteiger partial charge is 0.441 e. The zero-order valence-electron chi connectivity index (χ0n) is 9.16. The molecule has 2 heterocycles. The molecule has 0 spiro atoms. The molecule has 0 saturated carbocycles. The van der Waals surface area contributed by atoms with E-state index >= 15 is 0 Å². The lowest BCUT2D eigenvalue weighted by Crippen LogP contribution is -2.28. The summed E-state index contributed by atoms with van der Waals surface area (Å²) in [6, 6.07) is 5.71. The minimum atomic E-state index is -0.749. The lowest BCUT2D eigenvalue weighted by Gasteiger charge is -2.21. The van der Waals surface area contributed by atoms with Crippen LogP contribution in [0.2, 0.25) is 0 Å². The zero-order chi connectivity index (χ0) is 11.2. The quantitative estimate of drug-likeness (QED) is 0.758. The van der Waals surface area contributed by atoms with E-state index in [1.54, 1.807) is 0 Å². The molecular weight excluding hydrogens is 204 g/mol. The van der Waals surface area contributed by atoms with Gasteiger partial charge in [0.15, 0.2) is 11.5 Å². The fourth-order valence-corrected chi connectivity index (χ4v) is 2.26. The summed E-state index contributed by atoms with van der Waals surface area (Å²) in [6.07, 6.45) is 0.745. The summed E-state index contributed by atoms with van der Waals surface area (Å²) in [5.41, 5.74) is 1.76. The lowest BCUT2D eigenvalue weighted by molar-refractivity contribution is 0.0589. The van der Waals surface area contributed by atoms with Crippen LogP contribution in [-0.2, 0) is 5.60 Å². The Bertz CT molecular complexity index is 527. The zero-order valence-corrected chi connectivity index (χ0v) is 9.16. The summed E-state index contributed by atoms with van der Waals surface area (Å²) < 4.78 is 5.41. The van der Waals surface area contributed by atoms with Crippen molar-refractivity contribution in [2.75, 3.05) is 13.1 Å². The van der Waals surface area contributed by atoms with Crippen LogP contribution in [0.5, 0.6) is 0 Å². The van der Waals surface area contributed by atoms with Gasteiger partial charge in [0.25, 0.3) is 0 Å². The molecule has 0 radical (unpaired) electrons. The van der Waals surface area contributed by atoms with E-state index in [1.165, 1.54) is 0 Å². The molecule has 1 unspecified atom stereocenters. The Kier molecular flexibility index (Phi) is 2.02. The molecule has 1 fully saturated rings. The van der Waals surface area contributed by atoms with Gasteiger partial charge in [-0.05, 0) is 30.7 Å². The summed E-state index contributed by atoms with van der Waals surface area (Å²) >= 11 is 0. The first-order chi connectivity index (χ1) is 7.67. The van der Waals surface area contributed by atoms with E-state index in [4.69, 9.17) is 4.42 Å². The van der Waals surface area contributed by atoms with Crippen LogP contribution in [0.4, 0.5) is 0 Å². The van der Waals surface area contributed by atoms with Crippen molar-refractivity contribution in [3.05, 3.63) is 29.7 Å². The number of oxazole rings is 1. The minimum absolute atomic E-state index is 0.606. The summed E-state index contributed by atoms with van der Waals surface area (Å²) in [5.74, 6) is 0.656. The Hall–Kier alpha value is -1.39.